The normalized spacial score (nSPS) is 31.9. The summed E-state index contributed by atoms with van der Waals surface area (Å²) in [5.41, 5.74) is 4.34. The molecule has 0 aromatic carbocycles. The largest absolute Gasteiger partial charge is 0.459 e. The maximum atomic E-state index is 11.6. The van der Waals surface area contributed by atoms with E-state index in [1.54, 1.807) is 20.8 Å². The van der Waals surface area contributed by atoms with E-state index in [9.17, 15) is 9.59 Å². The summed E-state index contributed by atoms with van der Waals surface area (Å²) >= 11 is 0. The van der Waals surface area contributed by atoms with Crippen molar-refractivity contribution in [3.05, 3.63) is 0 Å². The molecule has 80 valence electrons. The van der Waals surface area contributed by atoms with Crippen molar-refractivity contribution < 1.29 is 14.3 Å². The van der Waals surface area contributed by atoms with Crippen molar-refractivity contribution in [3.8, 4) is 0 Å². The van der Waals surface area contributed by atoms with Gasteiger partial charge in [-0.15, -0.1) is 0 Å². The lowest BCUT2D eigenvalue weighted by atomic mass is 9.69. The number of rotatable bonds is 2. The van der Waals surface area contributed by atoms with E-state index >= 15 is 0 Å². The standard InChI is InChI=1S/C10H17NO3/c1-9(2,3)14-8(13)10(11)4-7(5-10)6-12/h6-7H,4-5,11H2,1-3H3. The van der Waals surface area contributed by atoms with Crippen LogP contribution < -0.4 is 5.73 Å². The Kier molecular flexibility index (Phi) is 2.67. The molecule has 0 aromatic rings. The lowest BCUT2D eigenvalue weighted by Crippen LogP contribution is -2.60. The Hall–Kier alpha value is -0.900. The highest BCUT2D eigenvalue weighted by Gasteiger charge is 2.49. The van der Waals surface area contributed by atoms with Crippen LogP contribution in [0.4, 0.5) is 0 Å². The number of hydrogen-bond donors (Lipinski definition) is 1. The average molecular weight is 199 g/mol. The predicted octanol–water partition coefficient (Wildman–Crippen LogP) is 0.634. The number of carbonyl (C=O) groups is 2. The smallest absolute Gasteiger partial charge is 0.326 e. The molecule has 0 bridgehead atoms. The van der Waals surface area contributed by atoms with Crippen LogP contribution in [-0.4, -0.2) is 23.4 Å². The van der Waals surface area contributed by atoms with Crippen molar-refractivity contribution in [2.45, 2.75) is 44.8 Å². The Morgan fingerprint density at radius 1 is 1.50 bits per heavy atom. The minimum absolute atomic E-state index is 0.0764. The van der Waals surface area contributed by atoms with Crippen LogP contribution in [0.25, 0.3) is 0 Å². The van der Waals surface area contributed by atoms with Crippen molar-refractivity contribution in [2.24, 2.45) is 11.7 Å². The summed E-state index contributed by atoms with van der Waals surface area (Å²) in [5, 5.41) is 0. The Morgan fingerprint density at radius 2 is 2.00 bits per heavy atom. The first-order chi connectivity index (χ1) is 6.27. The zero-order valence-corrected chi connectivity index (χ0v) is 8.87. The number of esters is 1. The zero-order chi connectivity index (χ0) is 11.0. The monoisotopic (exact) mass is 199 g/mol. The van der Waals surface area contributed by atoms with Crippen molar-refractivity contribution in [3.63, 3.8) is 0 Å². The molecule has 0 atom stereocenters. The Morgan fingerprint density at radius 3 is 2.36 bits per heavy atom. The van der Waals surface area contributed by atoms with E-state index in [0.29, 0.717) is 12.8 Å². The lowest BCUT2D eigenvalue weighted by Gasteiger charge is -2.41. The number of ether oxygens (including phenoxy) is 1. The molecule has 0 aliphatic heterocycles. The van der Waals surface area contributed by atoms with Crippen LogP contribution in [0, 0.1) is 5.92 Å². The summed E-state index contributed by atoms with van der Waals surface area (Å²) < 4.78 is 5.16. The lowest BCUT2D eigenvalue weighted by molar-refractivity contribution is -0.167. The van der Waals surface area contributed by atoms with Gasteiger partial charge >= 0.3 is 5.97 Å². The second-order valence-corrected chi connectivity index (χ2v) is 4.96. The highest BCUT2D eigenvalue weighted by atomic mass is 16.6. The van der Waals surface area contributed by atoms with E-state index in [4.69, 9.17) is 10.5 Å². The molecule has 1 rings (SSSR count). The van der Waals surface area contributed by atoms with Crippen molar-refractivity contribution in [1.82, 2.24) is 0 Å². The van der Waals surface area contributed by atoms with Crippen molar-refractivity contribution >= 4 is 12.3 Å². The van der Waals surface area contributed by atoms with Gasteiger partial charge in [0, 0.05) is 5.92 Å². The van der Waals surface area contributed by atoms with E-state index < -0.39 is 17.1 Å². The minimum Gasteiger partial charge on any atom is -0.459 e. The van der Waals surface area contributed by atoms with Gasteiger partial charge in [-0.25, -0.2) is 0 Å². The van der Waals surface area contributed by atoms with Crippen LogP contribution in [0.5, 0.6) is 0 Å². The summed E-state index contributed by atoms with van der Waals surface area (Å²) in [6.45, 7) is 5.39. The summed E-state index contributed by atoms with van der Waals surface area (Å²) in [4.78, 5) is 21.9. The maximum Gasteiger partial charge on any atom is 0.326 e. The summed E-state index contributed by atoms with van der Waals surface area (Å²) in [5.74, 6) is -0.476. The van der Waals surface area contributed by atoms with Gasteiger partial charge in [-0.3, -0.25) is 4.79 Å². The molecule has 14 heavy (non-hydrogen) atoms. The molecular weight excluding hydrogens is 182 g/mol. The molecule has 0 unspecified atom stereocenters. The summed E-state index contributed by atoms with van der Waals surface area (Å²) in [6, 6.07) is 0. The summed E-state index contributed by atoms with van der Waals surface area (Å²) in [6.07, 6.45) is 1.66. The fourth-order valence-electron chi connectivity index (χ4n) is 1.52. The highest BCUT2D eigenvalue weighted by Crippen LogP contribution is 2.36. The molecule has 4 heteroatoms. The fraction of sp³-hybridized carbons (Fsp3) is 0.800. The van der Waals surface area contributed by atoms with E-state index in [1.807, 2.05) is 0 Å². The first-order valence-corrected chi connectivity index (χ1v) is 4.74. The third-order valence-corrected chi connectivity index (χ3v) is 2.25. The van der Waals surface area contributed by atoms with Crippen LogP contribution >= 0.6 is 0 Å². The van der Waals surface area contributed by atoms with Gasteiger partial charge < -0.3 is 15.3 Å². The number of hydrogen-bond acceptors (Lipinski definition) is 4. The molecule has 1 saturated carbocycles. The van der Waals surface area contributed by atoms with E-state index in [-0.39, 0.29) is 5.92 Å². The molecule has 0 radical (unpaired) electrons. The number of nitrogens with two attached hydrogens (primary N) is 1. The van der Waals surface area contributed by atoms with E-state index in [1.165, 1.54) is 0 Å². The van der Waals surface area contributed by atoms with Gasteiger partial charge in [-0.2, -0.15) is 0 Å². The van der Waals surface area contributed by atoms with E-state index in [0.717, 1.165) is 6.29 Å². The average Bonchev–Trinajstić information content (AvgIpc) is 1.94. The fourth-order valence-corrected chi connectivity index (χ4v) is 1.52. The second-order valence-electron chi connectivity index (χ2n) is 4.96. The molecule has 0 saturated heterocycles. The van der Waals surface area contributed by atoms with E-state index in [2.05, 4.69) is 0 Å². The highest BCUT2D eigenvalue weighted by molar-refractivity contribution is 5.84. The van der Waals surface area contributed by atoms with Crippen LogP contribution in [-0.2, 0) is 14.3 Å². The minimum atomic E-state index is -0.932. The predicted molar refractivity (Wildman–Crippen MR) is 51.6 cm³/mol. The van der Waals surface area contributed by atoms with Gasteiger partial charge in [0.1, 0.15) is 17.4 Å². The van der Waals surface area contributed by atoms with Gasteiger partial charge in [0.25, 0.3) is 0 Å². The molecule has 0 heterocycles. The van der Waals surface area contributed by atoms with Crippen LogP contribution in [0.2, 0.25) is 0 Å². The van der Waals surface area contributed by atoms with Gasteiger partial charge in [-0.05, 0) is 33.6 Å². The molecule has 0 spiro atoms. The molecule has 2 N–H and O–H groups in total. The number of aldehydes is 1. The van der Waals surface area contributed by atoms with Crippen LogP contribution in [0.3, 0.4) is 0 Å². The number of carbonyl (C=O) groups excluding carboxylic acids is 2. The molecular formula is C10H17NO3. The topological polar surface area (TPSA) is 69.4 Å². The molecule has 1 aliphatic carbocycles. The first-order valence-electron chi connectivity index (χ1n) is 4.74. The quantitative estimate of drug-likeness (QED) is 0.523. The second kappa shape index (κ2) is 3.35. The molecule has 4 nitrogen and oxygen atoms in total. The van der Waals surface area contributed by atoms with Gasteiger partial charge in [0.05, 0.1) is 0 Å². The maximum absolute atomic E-state index is 11.6. The summed E-state index contributed by atoms with van der Waals surface area (Å²) in [7, 11) is 0. The Balaban J connectivity index is 2.51. The zero-order valence-electron chi connectivity index (χ0n) is 8.87. The Bertz CT molecular complexity index is 249. The third-order valence-electron chi connectivity index (χ3n) is 2.25. The van der Waals surface area contributed by atoms with Crippen molar-refractivity contribution in [2.75, 3.05) is 0 Å². The third kappa shape index (κ3) is 2.32. The molecule has 1 aliphatic rings. The SMILES string of the molecule is CC(C)(C)OC(=O)C1(N)CC(C=O)C1. The Labute approximate surface area is 83.8 Å². The molecule has 0 aromatic heterocycles. The van der Waals surface area contributed by atoms with Crippen LogP contribution in [0.15, 0.2) is 0 Å². The van der Waals surface area contributed by atoms with Crippen LogP contribution in [0.1, 0.15) is 33.6 Å². The van der Waals surface area contributed by atoms with Gasteiger partial charge in [0.2, 0.25) is 0 Å². The van der Waals surface area contributed by atoms with Gasteiger partial charge in [-0.1, -0.05) is 0 Å². The van der Waals surface area contributed by atoms with Gasteiger partial charge in [0.15, 0.2) is 0 Å². The first kappa shape index (κ1) is 11.2. The molecule has 1 fully saturated rings. The van der Waals surface area contributed by atoms with Crippen molar-refractivity contribution in [1.29, 1.82) is 0 Å². The molecule has 0 amide bonds.